The first-order valence-corrected chi connectivity index (χ1v) is 5.04. The summed E-state index contributed by atoms with van der Waals surface area (Å²) in [5.41, 5.74) is 11.2. The van der Waals surface area contributed by atoms with Crippen molar-refractivity contribution in [1.82, 2.24) is 0 Å². The molecule has 0 aliphatic carbocycles. The van der Waals surface area contributed by atoms with Crippen LogP contribution in [0.1, 0.15) is 15.9 Å². The lowest BCUT2D eigenvalue weighted by atomic mass is 10.0. The fraction of sp³-hybridized carbons (Fsp3) is 0. The molecule has 0 atom stereocenters. The summed E-state index contributed by atoms with van der Waals surface area (Å²) in [6.45, 7) is 0. The number of hydrogen-bond donors (Lipinski definition) is 2. The Balaban J connectivity index is 2.49. The highest BCUT2D eigenvalue weighted by molar-refractivity contribution is 6.10. The van der Waals surface area contributed by atoms with E-state index >= 15 is 0 Å². The van der Waals surface area contributed by atoms with Crippen molar-refractivity contribution in [2.75, 3.05) is 11.5 Å². The van der Waals surface area contributed by atoms with Crippen LogP contribution in [0.25, 0.3) is 0 Å². The topological polar surface area (TPSA) is 69.1 Å². The molecular formula is C13H11FN2O. The Morgan fingerprint density at radius 1 is 1.00 bits per heavy atom. The zero-order valence-electron chi connectivity index (χ0n) is 8.98. The van der Waals surface area contributed by atoms with Crippen LogP contribution in [0.3, 0.4) is 0 Å². The molecule has 0 spiro atoms. The SMILES string of the molecule is Nc1ccc(C(=O)c2ccccc2)c(F)c1N. The predicted octanol–water partition coefficient (Wildman–Crippen LogP) is 2.22. The zero-order chi connectivity index (χ0) is 12.4. The smallest absolute Gasteiger partial charge is 0.196 e. The van der Waals surface area contributed by atoms with Gasteiger partial charge in [-0.2, -0.15) is 0 Å². The Bertz CT molecular complexity index is 567. The molecule has 2 rings (SSSR count). The molecule has 17 heavy (non-hydrogen) atoms. The molecule has 2 aromatic carbocycles. The molecule has 0 fully saturated rings. The van der Waals surface area contributed by atoms with E-state index in [0.717, 1.165) is 0 Å². The number of carbonyl (C=O) groups is 1. The Morgan fingerprint density at radius 2 is 1.65 bits per heavy atom. The lowest BCUT2D eigenvalue weighted by molar-refractivity contribution is 0.103. The molecule has 0 saturated heterocycles. The van der Waals surface area contributed by atoms with Gasteiger partial charge >= 0.3 is 0 Å². The molecule has 0 aromatic heterocycles. The fourth-order valence-corrected chi connectivity index (χ4v) is 1.53. The van der Waals surface area contributed by atoms with Crippen LogP contribution >= 0.6 is 0 Å². The summed E-state index contributed by atoms with van der Waals surface area (Å²) < 4.78 is 13.8. The maximum Gasteiger partial charge on any atom is 0.196 e. The van der Waals surface area contributed by atoms with Crippen molar-refractivity contribution in [2.45, 2.75) is 0 Å². The van der Waals surface area contributed by atoms with Crippen LogP contribution in [0, 0.1) is 5.82 Å². The summed E-state index contributed by atoms with van der Waals surface area (Å²) in [5.74, 6) is -1.17. The number of anilines is 2. The molecule has 86 valence electrons. The van der Waals surface area contributed by atoms with Crippen molar-refractivity contribution in [2.24, 2.45) is 0 Å². The lowest BCUT2D eigenvalue weighted by Crippen LogP contribution is -2.08. The van der Waals surface area contributed by atoms with Gasteiger partial charge in [0, 0.05) is 5.56 Å². The summed E-state index contributed by atoms with van der Waals surface area (Å²) in [7, 11) is 0. The van der Waals surface area contributed by atoms with Crippen molar-refractivity contribution in [1.29, 1.82) is 0 Å². The summed E-state index contributed by atoms with van der Waals surface area (Å²) in [4.78, 5) is 12.0. The largest absolute Gasteiger partial charge is 0.397 e. The molecule has 0 saturated carbocycles. The standard InChI is InChI=1S/C13H11FN2O/c14-11-9(6-7-10(15)12(11)16)13(17)8-4-2-1-3-5-8/h1-7H,15-16H2. The molecule has 0 amide bonds. The number of hydrogen-bond acceptors (Lipinski definition) is 3. The molecule has 0 unspecified atom stereocenters. The molecule has 2 aromatic rings. The van der Waals surface area contributed by atoms with Crippen LogP contribution in [0.5, 0.6) is 0 Å². The van der Waals surface area contributed by atoms with E-state index < -0.39 is 11.6 Å². The van der Waals surface area contributed by atoms with Gasteiger partial charge in [-0.25, -0.2) is 4.39 Å². The summed E-state index contributed by atoms with van der Waals surface area (Å²) in [5, 5.41) is 0. The highest BCUT2D eigenvalue weighted by Crippen LogP contribution is 2.23. The van der Waals surface area contributed by atoms with Crippen LogP contribution < -0.4 is 11.5 Å². The highest BCUT2D eigenvalue weighted by Gasteiger charge is 2.16. The summed E-state index contributed by atoms with van der Waals surface area (Å²) in [6.07, 6.45) is 0. The lowest BCUT2D eigenvalue weighted by Gasteiger charge is -2.06. The van der Waals surface area contributed by atoms with Crippen LogP contribution in [0.2, 0.25) is 0 Å². The molecule has 0 aliphatic heterocycles. The molecular weight excluding hydrogens is 219 g/mol. The van der Waals surface area contributed by atoms with Gasteiger partial charge in [0.15, 0.2) is 11.6 Å². The highest BCUT2D eigenvalue weighted by atomic mass is 19.1. The third-order valence-corrected chi connectivity index (χ3v) is 2.49. The molecule has 3 nitrogen and oxygen atoms in total. The van der Waals surface area contributed by atoms with E-state index in [1.807, 2.05) is 0 Å². The first kappa shape index (κ1) is 11.1. The van der Waals surface area contributed by atoms with Gasteiger partial charge in [-0.15, -0.1) is 0 Å². The van der Waals surface area contributed by atoms with Crippen molar-refractivity contribution in [3.8, 4) is 0 Å². The number of halogens is 1. The van der Waals surface area contributed by atoms with Crippen LogP contribution in [0.4, 0.5) is 15.8 Å². The van der Waals surface area contributed by atoms with Gasteiger partial charge in [-0.3, -0.25) is 4.79 Å². The quantitative estimate of drug-likeness (QED) is 0.614. The van der Waals surface area contributed by atoms with Gasteiger partial charge in [0.1, 0.15) is 0 Å². The van der Waals surface area contributed by atoms with Crippen molar-refractivity contribution in [3.05, 3.63) is 59.4 Å². The molecule has 4 heteroatoms. The third-order valence-electron chi connectivity index (χ3n) is 2.49. The van der Waals surface area contributed by atoms with Crippen molar-refractivity contribution < 1.29 is 9.18 Å². The molecule has 0 aliphatic rings. The monoisotopic (exact) mass is 230 g/mol. The van der Waals surface area contributed by atoms with E-state index in [9.17, 15) is 9.18 Å². The first-order valence-electron chi connectivity index (χ1n) is 5.04. The average molecular weight is 230 g/mol. The van der Waals surface area contributed by atoms with E-state index in [1.165, 1.54) is 12.1 Å². The fourth-order valence-electron chi connectivity index (χ4n) is 1.53. The number of ketones is 1. The summed E-state index contributed by atoms with van der Waals surface area (Å²) in [6, 6.07) is 11.2. The maximum atomic E-state index is 13.8. The number of rotatable bonds is 2. The van der Waals surface area contributed by atoms with Crippen molar-refractivity contribution >= 4 is 17.2 Å². The second-order valence-electron chi connectivity index (χ2n) is 3.63. The van der Waals surface area contributed by atoms with E-state index in [4.69, 9.17) is 11.5 Å². The van der Waals surface area contributed by atoms with Gasteiger partial charge in [0.05, 0.1) is 16.9 Å². The summed E-state index contributed by atoms with van der Waals surface area (Å²) >= 11 is 0. The van der Waals surface area contributed by atoms with E-state index in [0.29, 0.717) is 5.56 Å². The Hall–Kier alpha value is -2.36. The predicted molar refractivity (Wildman–Crippen MR) is 65.1 cm³/mol. The van der Waals surface area contributed by atoms with Crippen molar-refractivity contribution in [3.63, 3.8) is 0 Å². The minimum absolute atomic E-state index is 0.0668. The van der Waals surface area contributed by atoms with Crippen LogP contribution in [0.15, 0.2) is 42.5 Å². The van der Waals surface area contributed by atoms with Gasteiger partial charge in [-0.05, 0) is 12.1 Å². The average Bonchev–Trinajstić information content (AvgIpc) is 2.36. The number of nitrogen functional groups attached to an aromatic ring is 2. The maximum absolute atomic E-state index is 13.8. The number of carbonyl (C=O) groups excluding carboxylic acids is 1. The van der Waals surface area contributed by atoms with E-state index in [-0.39, 0.29) is 16.9 Å². The molecule has 0 heterocycles. The van der Waals surface area contributed by atoms with Crippen LogP contribution in [-0.4, -0.2) is 5.78 Å². The number of benzene rings is 2. The Morgan fingerprint density at radius 3 is 2.29 bits per heavy atom. The Kier molecular flexibility index (Phi) is 2.78. The first-order chi connectivity index (χ1) is 8.11. The zero-order valence-corrected chi connectivity index (χ0v) is 8.98. The van der Waals surface area contributed by atoms with Gasteiger partial charge in [0.25, 0.3) is 0 Å². The second kappa shape index (κ2) is 4.25. The molecule has 4 N–H and O–H groups in total. The van der Waals surface area contributed by atoms with Gasteiger partial charge in [-0.1, -0.05) is 30.3 Å². The number of nitrogens with two attached hydrogens (primary N) is 2. The Labute approximate surface area is 97.9 Å². The minimum Gasteiger partial charge on any atom is -0.397 e. The van der Waals surface area contributed by atoms with Gasteiger partial charge < -0.3 is 11.5 Å². The second-order valence-corrected chi connectivity index (χ2v) is 3.63. The van der Waals surface area contributed by atoms with Crippen LogP contribution in [-0.2, 0) is 0 Å². The third kappa shape index (κ3) is 1.97. The van der Waals surface area contributed by atoms with E-state index in [1.54, 1.807) is 30.3 Å². The molecule has 0 bridgehead atoms. The molecule has 0 radical (unpaired) electrons. The minimum atomic E-state index is -0.765. The van der Waals surface area contributed by atoms with Gasteiger partial charge in [0.2, 0.25) is 0 Å². The normalized spacial score (nSPS) is 10.2. The van der Waals surface area contributed by atoms with E-state index in [2.05, 4.69) is 0 Å².